The van der Waals surface area contributed by atoms with Gasteiger partial charge in [0.05, 0.1) is 16.5 Å². The highest BCUT2D eigenvalue weighted by molar-refractivity contribution is 7.98. The summed E-state index contributed by atoms with van der Waals surface area (Å²) >= 11 is 13.6. The number of halogens is 2. The SMILES string of the molecule is Clc1ccc(Cl)c(-n2nnnc2SCc2nc(-c3ccccc3)no2)c1. The maximum Gasteiger partial charge on any atom is 0.237 e. The van der Waals surface area contributed by atoms with Gasteiger partial charge in [0, 0.05) is 10.6 Å². The van der Waals surface area contributed by atoms with Crippen LogP contribution >= 0.6 is 35.0 Å². The first-order chi connectivity index (χ1) is 12.7. The van der Waals surface area contributed by atoms with E-state index < -0.39 is 0 Å². The Morgan fingerprint density at radius 1 is 1.08 bits per heavy atom. The van der Waals surface area contributed by atoms with E-state index in [9.17, 15) is 0 Å². The molecule has 130 valence electrons. The number of benzene rings is 2. The molecule has 0 fully saturated rings. The molecule has 0 spiro atoms. The molecular weight excluding hydrogens is 395 g/mol. The summed E-state index contributed by atoms with van der Waals surface area (Å²) in [7, 11) is 0. The van der Waals surface area contributed by atoms with E-state index in [1.165, 1.54) is 16.4 Å². The largest absolute Gasteiger partial charge is 0.338 e. The predicted molar refractivity (Wildman–Crippen MR) is 98.5 cm³/mol. The minimum atomic E-state index is 0.415. The van der Waals surface area contributed by atoms with Gasteiger partial charge >= 0.3 is 0 Å². The van der Waals surface area contributed by atoms with Gasteiger partial charge < -0.3 is 4.52 Å². The third-order valence-electron chi connectivity index (χ3n) is 3.40. The summed E-state index contributed by atoms with van der Waals surface area (Å²) < 4.78 is 6.82. The monoisotopic (exact) mass is 404 g/mol. The molecule has 0 amide bonds. The van der Waals surface area contributed by atoms with Crippen molar-refractivity contribution in [3.8, 4) is 17.1 Å². The average Bonchev–Trinajstić information content (AvgIpc) is 3.32. The Bertz CT molecular complexity index is 1040. The summed E-state index contributed by atoms with van der Waals surface area (Å²) in [6.07, 6.45) is 0. The van der Waals surface area contributed by atoms with Crippen LogP contribution in [0.5, 0.6) is 0 Å². The quantitative estimate of drug-likeness (QED) is 0.458. The van der Waals surface area contributed by atoms with Gasteiger partial charge in [-0.25, -0.2) is 0 Å². The second-order valence-electron chi connectivity index (χ2n) is 5.14. The summed E-state index contributed by atoms with van der Waals surface area (Å²) in [5.41, 5.74) is 1.49. The molecule has 0 radical (unpaired) electrons. The number of hydrogen-bond acceptors (Lipinski definition) is 7. The van der Waals surface area contributed by atoms with Crippen LogP contribution in [0.2, 0.25) is 10.0 Å². The molecule has 4 rings (SSSR count). The Morgan fingerprint density at radius 2 is 1.92 bits per heavy atom. The van der Waals surface area contributed by atoms with Crippen molar-refractivity contribution in [3.05, 3.63) is 64.5 Å². The van der Waals surface area contributed by atoms with Crippen molar-refractivity contribution < 1.29 is 4.52 Å². The van der Waals surface area contributed by atoms with E-state index in [1.54, 1.807) is 18.2 Å². The van der Waals surface area contributed by atoms with E-state index in [1.807, 2.05) is 30.3 Å². The van der Waals surface area contributed by atoms with Crippen molar-refractivity contribution in [2.75, 3.05) is 0 Å². The van der Waals surface area contributed by atoms with E-state index in [4.69, 9.17) is 27.7 Å². The van der Waals surface area contributed by atoms with E-state index in [2.05, 4.69) is 25.7 Å². The molecular formula is C16H10Cl2N6OS. The van der Waals surface area contributed by atoms with Crippen LogP contribution in [-0.4, -0.2) is 30.3 Å². The number of aromatic nitrogens is 6. The third kappa shape index (κ3) is 3.57. The molecule has 0 saturated heterocycles. The van der Waals surface area contributed by atoms with E-state index >= 15 is 0 Å². The topological polar surface area (TPSA) is 82.5 Å². The number of rotatable bonds is 5. The first-order valence-electron chi connectivity index (χ1n) is 7.45. The zero-order valence-corrected chi connectivity index (χ0v) is 15.4. The smallest absolute Gasteiger partial charge is 0.237 e. The molecule has 2 aromatic carbocycles. The van der Waals surface area contributed by atoms with Crippen molar-refractivity contribution in [2.45, 2.75) is 10.9 Å². The summed E-state index contributed by atoms with van der Waals surface area (Å²) in [5, 5.41) is 17.3. The molecule has 26 heavy (non-hydrogen) atoms. The van der Waals surface area contributed by atoms with Gasteiger partial charge in [-0.15, -0.1) is 5.10 Å². The first-order valence-corrected chi connectivity index (χ1v) is 9.19. The van der Waals surface area contributed by atoms with Crippen LogP contribution in [0.15, 0.2) is 58.2 Å². The van der Waals surface area contributed by atoms with E-state index in [0.717, 1.165) is 5.56 Å². The van der Waals surface area contributed by atoms with Crippen LogP contribution in [-0.2, 0) is 5.75 Å². The molecule has 4 aromatic rings. The fourth-order valence-corrected chi connectivity index (χ4v) is 3.30. The highest BCUT2D eigenvalue weighted by atomic mass is 35.5. The molecule has 0 saturated carbocycles. The maximum absolute atomic E-state index is 6.22. The molecule has 2 aromatic heterocycles. The van der Waals surface area contributed by atoms with Gasteiger partial charge in [-0.1, -0.05) is 70.5 Å². The fourth-order valence-electron chi connectivity index (χ4n) is 2.21. The van der Waals surface area contributed by atoms with Crippen molar-refractivity contribution in [2.24, 2.45) is 0 Å². The summed E-state index contributed by atoms with van der Waals surface area (Å²) in [5.74, 6) is 1.43. The molecule has 0 aliphatic rings. The second-order valence-corrected chi connectivity index (χ2v) is 6.92. The highest BCUT2D eigenvalue weighted by Crippen LogP contribution is 2.28. The van der Waals surface area contributed by atoms with Crippen molar-refractivity contribution >= 4 is 35.0 Å². The maximum atomic E-state index is 6.22. The van der Waals surface area contributed by atoms with Gasteiger partial charge in [-0.3, -0.25) is 0 Å². The average molecular weight is 405 g/mol. The fraction of sp³-hybridized carbons (Fsp3) is 0.0625. The zero-order chi connectivity index (χ0) is 17.9. The minimum Gasteiger partial charge on any atom is -0.338 e. The van der Waals surface area contributed by atoms with Gasteiger partial charge in [-0.2, -0.15) is 9.67 Å². The lowest BCUT2D eigenvalue weighted by molar-refractivity contribution is 0.391. The van der Waals surface area contributed by atoms with Gasteiger partial charge in [0.15, 0.2) is 0 Å². The molecule has 0 atom stereocenters. The lowest BCUT2D eigenvalue weighted by Crippen LogP contribution is -2.00. The van der Waals surface area contributed by atoms with Crippen LogP contribution in [0.1, 0.15) is 5.89 Å². The van der Waals surface area contributed by atoms with Gasteiger partial charge in [0.25, 0.3) is 0 Å². The molecule has 0 aliphatic heterocycles. The zero-order valence-electron chi connectivity index (χ0n) is 13.1. The van der Waals surface area contributed by atoms with Crippen molar-refractivity contribution in [3.63, 3.8) is 0 Å². The highest BCUT2D eigenvalue weighted by Gasteiger charge is 2.15. The van der Waals surface area contributed by atoms with Crippen molar-refractivity contribution in [1.29, 1.82) is 0 Å². The standard InChI is InChI=1S/C16H10Cl2N6OS/c17-11-6-7-12(18)13(8-11)24-16(20-22-23-24)26-9-14-19-15(21-25-14)10-4-2-1-3-5-10/h1-8H,9H2. The Labute approximate surface area is 162 Å². The Balaban J connectivity index is 1.52. The minimum absolute atomic E-state index is 0.415. The Morgan fingerprint density at radius 3 is 2.77 bits per heavy atom. The van der Waals surface area contributed by atoms with Gasteiger partial charge in [0.1, 0.15) is 0 Å². The molecule has 10 heteroatoms. The molecule has 0 N–H and O–H groups in total. The second kappa shape index (κ2) is 7.45. The number of hydrogen-bond donors (Lipinski definition) is 0. The molecule has 0 unspecified atom stereocenters. The van der Waals surface area contributed by atoms with Crippen LogP contribution < -0.4 is 0 Å². The van der Waals surface area contributed by atoms with Gasteiger partial charge in [-0.05, 0) is 28.6 Å². The molecule has 0 aliphatic carbocycles. The molecule has 2 heterocycles. The number of thioether (sulfide) groups is 1. The van der Waals surface area contributed by atoms with Crippen LogP contribution in [0.4, 0.5) is 0 Å². The summed E-state index contributed by atoms with van der Waals surface area (Å²) in [4.78, 5) is 4.39. The Kier molecular flexibility index (Phi) is 4.87. The lowest BCUT2D eigenvalue weighted by atomic mass is 10.2. The van der Waals surface area contributed by atoms with Crippen LogP contribution in [0.25, 0.3) is 17.1 Å². The summed E-state index contributed by atoms with van der Waals surface area (Å²) in [6.45, 7) is 0. The third-order valence-corrected chi connectivity index (χ3v) is 4.86. The van der Waals surface area contributed by atoms with Crippen LogP contribution in [0, 0.1) is 0 Å². The van der Waals surface area contributed by atoms with Crippen LogP contribution in [0.3, 0.4) is 0 Å². The predicted octanol–water partition coefficient (Wildman–Crippen LogP) is 4.31. The number of tetrazole rings is 1. The van der Waals surface area contributed by atoms with E-state index in [0.29, 0.717) is 38.4 Å². The van der Waals surface area contributed by atoms with E-state index in [-0.39, 0.29) is 0 Å². The first kappa shape index (κ1) is 17.0. The molecule has 0 bridgehead atoms. The molecule has 7 nitrogen and oxygen atoms in total. The van der Waals surface area contributed by atoms with Crippen molar-refractivity contribution in [1.82, 2.24) is 30.3 Å². The number of nitrogens with zero attached hydrogens (tertiary/aromatic N) is 6. The lowest BCUT2D eigenvalue weighted by Gasteiger charge is -2.05. The Hall–Kier alpha value is -2.42. The normalized spacial score (nSPS) is 11.0. The summed E-state index contributed by atoms with van der Waals surface area (Å²) in [6, 6.07) is 14.7. The van der Waals surface area contributed by atoms with Gasteiger partial charge in [0.2, 0.25) is 16.9 Å².